The Balaban J connectivity index is 1.94. The summed E-state index contributed by atoms with van der Waals surface area (Å²) in [5, 5.41) is 7.21. The third kappa shape index (κ3) is 4.15. The van der Waals surface area contributed by atoms with Gasteiger partial charge >= 0.3 is 6.18 Å². The average Bonchev–Trinajstić information content (AvgIpc) is 2.84. The summed E-state index contributed by atoms with van der Waals surface area (Å²) in [6.45, 7) is -0.999. The van der Waals surface area contributed by atoms with Gasteiger partial charge in [0.25, 0.3) is 5.88 Å². The molecule has 0 saturated heterocycles. The summed E-state index contributed by atoms with van der Waals surface area (Å²) >= 11 is 0. The van der Waals surface area contributed by atoms with Crippen LogP contribution in [0.3, 0.4) is 0 Å². The standard InChI is InChI=1S/C12H12F3N3O2/c1-19-10-4-2-9(3-5-10)6-18-7-11(16-17-18)20-8-12(13,14)15/h2-5,7H,6,8H2,1H3. The molecule has 0 aliphatic carbocycles. The van der Waals surface area contributed by atoms with E-state index in [0.29, 0.717) is 6.54 Å². The van der Waals surface area contributed by atoms with E-state index in [9.17, 15) is 13.2 Å². The van der Waals surface area contributed by atoms with Crippen molar-refractivity contribution in [2.45, 2.75) is 12.7 Å². The molecule has 8 heteroatoms. The molecular weight excluding hydrogens is 275 g/mol. The zero-order chi connectivity index (χ0) is 14.6. The summed E-state index contributed by atoms with van der Waals surface area (Å²) in [5.74, 6) is 0.567. The highest BCUT2D eigenvalue weighted by molar-refractivity contribution is 5.27. The van der Waals surface area contributed by atoms with E-state index in [1.54, 1.807) is 19.2 Å². The monoisotopic (exact) mass is 287 g/mol. The molecule has 0 unspecified atom stereocenters. The van der Waals surface area contributed by atoms with Gasteiger partial charge in [0.2, 0.25) is 0 Å². The molecule has 0 atom stereocenters. The van der Waals surface area contributed by atoms with E-state index in [-0.39, 0.29) is 5.88 Å². The van der Waals surface area contributed by atoms with E-state index < -0.39 is 12.8 Å². The van der Waals surface area contributed by atoms with Crippen LogP contribution in [0.1, 0.15) is 5.56 Å². The number of aromatic nitrogens is 3. The summed E-state index contributed by atoms with van der Waals surface area (Å²) in [7, 11) is 1.57. The number of hydrogen-bond acceptors (Lipinski definition) is 4. The van der Waals surface area contributed by atoms with Gasteiger partial charge in [-0.25, -0.2) is 4.68 Å². The van der Waals surface area contributed by atoms with Crippen LogP contribution < -0.4 is 9.47 Å². The quantitative estimate of drug-likeness (QED) is 0.846. The molecular formula is C12H12F3N3O2. The molecule has 1 aromatic carbocycles. The molecule has 1 heterocycles. The van der Waals surface area contributed by atoms with Crippen LogP contribution in [0.15, 0.2) is 30.5 Å². The van der Waals surface area contributed by atoms with E-state index in [1.165, 1.54) is 10.9 Å². The van der Waals surface area contributed by atoms with Gasteiger partial charge in [-0.2, -0.15) is 13.2 Å². The first kappa shape index (κ1) is 14.2. The Bertz CT molecular complexity index is 552. The number of halogens is 3. The second kappa shape index (κ2) is 5.81. The molecule has 0 spiro atoms. The van der Waals surface area contributed by atoms with E-state index in [2.05, 4.69) is 15.0 Å². The van der Waals surface area contributed by atoms with Crippen LogP contribution in [-0.4, -0.2) is 34.9 Å². The number of rotatable bonds is 5. The van der Waals surface area contributed by atoms with E-state index >= 15 is 0 Å². The largest absolute Gasteiger partial charge is 0.497 e. The minimum absolute atomic E-state index is 0.157. The lowest BCUT2D eigenvalue weighted by Crippen LogP contribution is -2.19. The molecule has 5 nitrogen and oxygen atoms in total. The number of nitrogens with zero attached hydrogens (tertiary/aromatic N) is 3. The summed E-state index contributed by atoms with van der Waals surface area (Å²) in [6, 6.07) is 7.23. The maximum absolute atomic E-state index is 12.0. The fraction of sp³-hybridized carbons (Fsp3) is 0.333. The average molecular weight is 287 g/mol. The molecule has 0 fully saturated rings. The van der Waals surface area contributed by atoms with Gasteiger partial charge < -0.3 is 9.47 Å². The topological polar surface area (TPSA) is 49.2 Å². The van der Waals surface area contributed by atoms with E-state index in [1.807, 2.05) is 12.1 Å². The third-order valence-electron chi connectivity index (χ3n) is 2.40. The molecule has 0 N–H and O–H groups in total. The van der Waals surface area contributed by atoms with Gasteiger partial charge in [-0.05, 0) is 17.7 Å². The lowest BCUT2D eigenvalue weighted by Gasteiger charge is -2.05. The fourth-order valence-corrected chi connectivity index (χ4v) is 1.50. The van der Waals surface area contributed by atoms with Crippen LogP contribution >= 0.6 is 0 Å². The van der Waals surface area contributed by atoms with Crippen molar-refractivity contribution in [3.05, 3.63) is 36.0 Å². The maximum Gasteiger partial charge on any atom is 0.422 e. The Labute approximate surface area is 112 Å². The van der Waals surface area contributed by atoms with Gasteiger partial charge in [0.1, 0.15) is 5.75 Å². The maximum atomic E-state index is 12.0. The molecule has 2 rings (SSSR count). The van der Waals surface area contributed by atoms with Crippen molar-refractivity contribution in [3.63, 3.8) is 0 Å². The molecule has 0 aliphatic heterocycles. The normalized spacial score (nSPS) is 11.4. The number of ether oxygens (including phenoxy) is 2. The number of hydrogen-bond donors (Lipinski definition) is 0. The van der Waals surface area contributed by atoms with E-state index in [4.69, 9.17) is 4.74 Å². The van der Waals surface area contributed by atoms with Crippen molar-refractivity contribution in [3.8, 4) is 11.6 Å². The zero-order valence-corrected chi connectivity index (χ0v) is 10.6. The van der Waals surface area contributed by atoms with Crippen LogP contribution in [-0.2, 0) is 6.54 Å². The van der Waals surface area contributed by atoms with Gasteiger partial charge in [-0.1, -0.05) is 22.4 Å². The SMILES string of the molecule is COc1ccc(Cn2cc(OCC(F)(F)F)nn2)cc1. The number of alkyl halides is 3. The van der Waals surface area contributed by atoms with Gasteiger partial charge in [0, 0.05) is 0 Å². The molecule has 0 bridgehead atoms. The predicted molar refractivity (Wildman–Crippen MR) is 63.7 cm³/mol. The minimum Gasteiger partial charge on any atom is -0.497 e. The Morgan fingerprint density at radius 3 is 2.50 bits per heavy atom. The van der Waals surface area contributed by atoms with Crippen molar-refractivity contribution in [1.82, 2.24) is 15.0 Å². The lowest BCUT2D eigenvalue weighted by molar-refractivity contribution is -0.154. The molecule has 0 amide bonds. The van der Waals surface area contributed by atoms with Crippen molar-refractivity contribution in [1.29, 1.82) is 0 Å². The Morgan fingerprint density at radius 1 is 1.20 bits per heavy atom. The van der Waals surface area contributed by atoms with Gasteiger partial charge in [-0.15, -0.1) is 0 Å². The Hall–Kier alpha value is -2.25. The second-order valence-corrected chi connectivity index (χ2v) is 4.01. The Kier molecular flexibility index (Phi) is 4.11. The van der Waals surface area contributed by atoms with Crippen molar-refractivity contribution >= 4 is 0 Å². The highest BCUT2D eigenvalue weighted by atomic mass is 19.4. The smallest absolute Gasteiger partial charge is 0.422 e. The molecule has 20 heavy (non-hydrogen) atoms. The summed E-state index contributed by atoms with van der Waals surface area (Å²) < 4.78 is 46.8. The molecule has 2 aromatic rings. The highest BCUT2D eigenvalue weighted by Gasteiger charge is 2.28. The van der Waals surface area contributed by atoms with Gasteiger partial charge in [-0.3, -0.25) is 0 Å². The first-order valence-corrected chi connectivity index (χ1v) is 5.69. The zero-order valence-electron chi connectivity index (χ0n) is 10.6. The molecule has 0 saturated carbocycles. The third-order valence-corrected chi connectivity index (χ3v) is 2.40. The fourth-order valence-electron chi connectivity index (χ4n) is 1.50. The van der Waals surface area contributed by atoms with Crippen LogP contribution in [0.2, 0.25) is 0 Å². The second-order valence-electron chi connectivity index (χ2n) is 4.01. The summed E-state index contributed by atoms with van der Waals surface area (Å²) in [5.41, 5.74) is 0.915. The lowest BCUT2D eigenvalue weighted by atomic mass is 10.2. The predicted octanol–water partition coefficient (Wildman–Crippen LogP) is 2.28. The minimum atomic E-state index is -4.39. The van der Waals surface area contributed by atoms with Crippen LogP contribution in [0.25, 0.3) is 0 Å². The summed E-state index contributed by atoms with van der Waals surface area (Å²) in [4.78, 5) is 0. The first-order chi connectivity index (χ1) is 9.46. The summed E-state index contributed by atoms with van der Waals surface area (Å²) in [6.07, 6.45) is -3.07. The molecule has 0 aliphatic rings. The van der Waals surface area contributed by atoms with Crippen LogP contribution in [0.5, 0.6) is 11.6 Å². The van der Waals surface area contributed by atoms with E-state index in [0.717, 1.165) is 11.3 Å². The Morgan fingerprint density at radius 2 is 1.90 bits per heavy atom. The van der Waals surface area contributed by atoms with Crippen molar-refractivity contribution in [2.24, 2.45) is 0 Å². The molecule has 108 valence electrons. The molecule has 1 aromatic heterocycles. The van der Waals surface area contributed by atoms with Crippen molar-refractivity contribution < 1.29 is 22.6 Å². The highest BCUT2D eigenvalue weighted by Crippen LogP contribution is 2.17. The number of methoxy groups -OCH3 is 1. The van der Waals surface area contributed by atoms with Gasteiger partial charge in [0.05, 0.1) is 19.9 Å². The molecule has 0 radical (unpaired) electrons. The van der Waals surface area contributed by atoms with Crippen LogP contribution in [0, 0.1) is 0 Å². The first-order valence-electron chi connectivity index (χ1n) is 5.69. The van der Waals surface area contributed by atoms with Crippen molar-refractivity contribution in [2.75, 3.05) is 13.7 Å². The van der Waals surface area contributed by atoms with Crippen LogP contribution in [0.4, 0.5) is 13.2 Å². The van der Waals surface area contributed by atoms with Gasteiger partial charge in [0.15, 0.2) is 6.61 Å². The number of benzene rings is 1.